The van der Waals surface area contributed by atoms with Crippen LogP contribution in [0.1, 0.15) is 43.9 Å². The number of aliphatic carboxylic acids is 1. The fraction of sp³-hybridized carbons (Fsp3) is 0.259. The molecule has 0 aliphatic carbocycles. The second-order valence-corrected chi connectivity index (χ2v) is 8.86. The number of carbonyl (C=O) groups is 1. The molecule has 0 heterocycles. The van der Waals surface area contributed by atoms with E-state index in [1.54, 1.807) is 44.2 Å². The average Bonchev–Trinajstić information content (AvgIpc) is 2.78. The van der Waals surface area contributed by atoms with Gasteiger partial charge in [-0.25, -0.2) is 0 Å². The fourth-order valence-electron chi connectivity index (χ4n) is 4.19. The number of nitrogens with one attached hydrogen (secondary N) is 1. The molecule has 3 aromatic carbocycles. The Labute approximate surface area is 196 Å². The van der Waals surface area contributed by atoms with Crippen molar-refractivity contribution in [3.8, 4) is 17.2 Å². The SMILES string of the molecule is CC(C)CC(C)(C(=O)O)c1cc(-c2ccccc2)cc(Nc2ccc(C#N)cc2)c1C(F)(F)F. The van der Waals surface area contributed by atoms with Crippen molar-refractivity contribution in [1.82, 2.24) is 0 Å². The van der Waals surface area contributed by atoms with E-state index < -0.39 is 23.1 Å². The third-order valence-corrected chi connectivity index (χ3v) is 5.70. The fourth-order valence-corrected chi connectivity index (χ4v) is 4.19. The van der Waals surface area contributed by atoms with Crippen LogP contribution in [0.15, 0.2) is 66.7 Å². The summed E-state index contributed by atoms with van der Waals surface area (Å²) in [5.41, 5.74) is -1.47. The predicted octanol–water partition coefficient (Wildman–Crippen LogP) is 7.38. The van der Waals surface area contributed by atoms with Crippen LogP contribution in [-0.4, -0.2) is 11.1 Å². The van der Waals surface area contributed by atoms with Gasteiger partial charge in [0.05, 0.1) is 28.3 Å². The number of hydrogen-bond acceptors (Lipinski definition) is 3. The summed E-state index contributed by atoms with van der Waals surface area (Å²) in [6.07, 6.45) is -4.78. The largest absolute Gasteiger partial charge is 0.481 e. The van der Waals surface area contributed by atoms with Gasteiger partial charge in [0.25, 0.3) is 0 Å². The lowest BCUT2D eigenvalue weighted by Crippen LogP contribution is -2.36. The van der Waals surface area contributed by atoms with Crippen molar-refractivity contribution in [3.63, 3.8) is 0 Å². The summed E-state index contributed by atoms with van der Waals surface area (Å²) in [5.74, 6) is -1.47. The molecule has 34 heavy (non-hydrogen) atoms. The standard InChI is InChI=1S/C27H25F3N2O2/c1-17(2)15-26(3,25(33)34)22-13-20(19-7-5-4-6-8-19)14-23(24(22)27(28,29)30)32-21-11-9-18(16-31)10-12-21/h4-14,17,32H,15H2,1-3H3,(H,33,34). The molecule has 4 nitrogen and oxygen atoms in total. The highest BCUT2D eigenvalue weighted by atomic mass is 19.4. The Kier molecular flexibility index (Phi) is 7.01. The number of halogens is 3. The van der Waals surface area contributed by atoms with Gasteiger partial charge in [-0.15, -0.1) is 0 Å². The summed E-state index contributed by atoms with van der Waals surface area (Å²) >= 11 is 0. The Balaban J connectivity index is 2.34. The normalized spacial score (nSPS) is 13.2. The minimum atomic E-state index is -4.81. The lowest BCUT2D eigenvalue weighted by molar-refractivity contribution is -0.146. The second-order valence-electron chi connectivity index (χ2n) is 8.86. The average molecular weight is 467 g/mol. The van der Waals surface area contributed by atoms with Gasteiger partial charge in [0.1, 0.15) is 0 Å². The first kappa shape index (κ1) is 24.8. The number of carboxylic acid groups (broad SMARTS) is 1. The van der Waals surface area contributed by atoms with Crippen molar-refractivity contribution in [2.24, 2.45) is 5.92 Å². The molecule has 176 valence electrons. The van der Waals surface area contributed by atoms with Crippen LogP contribution in [0.4, 0.5) is 24.5 Å². The molecule has 7 heteroatoms. The summed E-state index contributed by atoms with van der Waals surface area (Å²) in [6, 6.07) is 19.6. The van der Waals surface area contributed by atoms with Crippen LogP contribution < -0.4 is 5.32 Å². The van der Waals surface area contributed by atoms with Gasteiger partial charge in [-0.3, -0.25) is 4.79 Å². The zero-order valence-corrected chi connectivity index (χ0v) is 19.1. The van der Waals surface area contributed by atoms with Crippen molar-refractivity contribution in [2.75, 3.05) is 5.32 Å². The van der Waals surface area contributed by atoms with Crippen LogP contribution in [0.25, 0.3) is 11.1 Å². The van der Waals surface area contributed by atoms with Gasteiger partial charge < -0.3 is 10.4 Å². The maximum absolute atomic E-state index is 14.5. The highest BCUT2D eigenvalue weighted by molar-refractivity contribution is 5.85. The van der Waals surface area contributed by atoms with Crippen molar-refractivity contribution in [1.29, 1.82) is 5.26 Å². The van der Waals surface area contributed by atoms with E-state index in [1.807, 2.05) is 6.07 Å². The molecule has 1 atom stereocenters. The highest BCUT2D eigenvalue weighted by Gasteiger charge is 2.46. The molecule has 0 radical (unpaired) electrons. The van der Waals surface area contributed by atoms with Gasteiger partial charge >= 0.3 is 12.1 Å². The predicted molar refractivity (Wildman–Crippen MR) is 126 cm³/mol. The van der Waals surface area contributed by atoms with Crippen molar-refractivity contribution >= 4 is 17.3 Å². The number of rotatable bonds is 7. The van der Waals surface area contributed by atoms with Gasteiger partial charge in [-0.1, -0.05) is 44.2 Å². The van der Waals surface area contributed by atoms with E-state index in [0.717, 1.165) is 0 Å². The summed E-state index contributed by atoms with van der Waals surface area (Å²) in [7, 11) is 0. The first-order valence-electron chi connectivity index (χ1n) is 10.8. The third-order valence-electron chi connectivity index (χ3n) is 5.70. The van der Waals surface area contributed by atoms with Gasteiger partial charge in [-0.05, 0) is 72.4 Å². The number of nitriles is 1. The molecule has 0 aromatic heterocycles. The maximum atomic E-state index is 14.5. The zero-order chi connectivity index (χ0) is 25.1. The quantitative estimate of drug-likeness (QED) is 0.381. The number of nitrogens with zero attached hydrogens (tertiary/aromatic N) is 1. The van der Waals surface area contributed by atoms with E-state index in [2.05, 4.69) is 5.32 Å². The Morgan fingerprint density at radius 3 is 2.15 bits per heavy atom. The molecular formula is C27H25F3N2O2. The minimum Gasteiger partial charge on any atom is -0.481 e. The topological polar surface area (TPSA) is 73.1 Å². The Morgan fingerprint density at radius 2 is 1.65 bits per heavy atom. The Bertz CT molecular complexity index is 1210. The summed E-state index contributed by atoms with van der Waals surface area (Å²) in [6.45, 7) is 4.91. The molecule has 0 spiro atoms. The van der Waals surface area contributed by atoms with Crippen LogP contribution >= 0.6 is 0 Å². The molecule has 2 N–H and O–H groups in total. The lowest BCUT2D eigenvalue weighted by Gasteiger charge is -2.32. The van der Waals surface area contributed by atoms with E-state index in [9.17, 15) is 23.1 Å². The van der Waals surface area contributed by atoms with Crippen LogP contribution in [0.3, 0.4) is 0 Å². The van der Waals surface area contributed by atoms with Crippen molar-refractivity contribution in [3.05, 3.63) is 83.4 Å². The third kappa shape index (κ3) is 5.23. The van der Waals surface area contributed by atoms with Crippen molar-refractivity contribution < 1.29 is 23.1 Å². The Morgan fingerprint density at radius 1 is 1.03 bits per heavy atom. The van der Waals surface area contributed by atoms with Crippen LogP contribution in [0.5, 0.6) is 0 Å². The van der Waals surface area contributed by atoms with E-state index in [-0.39, 0.29) is 23.6 Å². The van der Waals surface area contributed by atoms with Gasteiger partial charge in [0, 0.05) is 5.69 Å². The molecule has 3 aromatic rings. The number of carboxylic acids is 1. The number of alkyl halides is 3. The van der Waals surface area contributed by atoms with E-state index >= 15 is 0 Å². The van der Waals surface area contributed by atoms with Crippen LogP contribution in [0, 0.1) is 17.2 Å². The molecule has 0 saturated carbocycles. The first-order valence-corrected chi connectivity index (χ1v) is 10.8. The summed E-state index contributed by atoms with van der Waals surface area (Å²) < 4.78 is 43.6. The molecule has 0 bridgehead atoms. The van der Waals surface area contributed by atoms with E-state index in [0.29, 0.717) is 22.4 Å². The molecule has 3 rings (SSSR count). The molecule has 0 fully saturated rings. The van der Waals surface area contributed by atoms with Crippen LogP contribution in [0.2, 0.25) is 0 Å². The number of anilines is 2. The molecular weight excluding hydrogens is 441 g/mol. The lowest BCUT2D eigenvalue weighted by atomic mass is 9.73. The number of benzene rings is 3. The smallest absolute Gasteiger partial charge is 0.418 e. The second kappa shape index (κ2) is 9.60. The highest BCUT2D eigenvalue weighted by Crippen LogP contribution is 2.47. The molecule has 0 saturated heterocycles. The van der Waals surface area contributed by atoms with Gasteiger partial charge in [0.2, 0.25) is 0 Å². The molecule has 0 aliphatic rings. The zero-order valence-electron chi connectivity index (χ0n) is 19.1. The first-order chi connectivity index (χ1) is 16.0. The summed E-state index contributed by atoms with van der Waals surface area (Å²) in [5, 5.41) is 21.9. The van der Waals surface area contributed by atoms with E-state index in [1.165, 1.54) is 43.3 Å². The van der Waals surface area contributed by atoms with Gasteiger partial charge in [0.15, 0.2) is 0 Å². The molecule has 1 unspecified atom stereocenters. The van der Waals surface area contributed by atoms with E-state index in [4.69, 9.17) is 5.26 Å². The molecule has 0 aliphatic heterocycles. The van der Waals surface area contributed by atoms with Crippen LogP contribution in [-0.2, 0) is 16.4 Å². The summed E-state index contributed by atoms with van der Waals surface area (Å²) in [4.78, 5) is 12.4. The monoisotopic (exact) mass is 466 g/mol. The number of hydrogen-bond donors (Lipinski definition) is 2. The van der Waals surface area contributed by atoms with Gasteiger partial charge in [-0.2, -0.15) is 18.4 Å². The minimum absolute atomic E-state index is 0.0277. The van der Waals surface area contributed by atoms with Crippen molar-refractivity contribution in [2.45, 2.75) is 38.8 Å². The Hall–Kier alpha value is -3.79. The molecule has 0 amide bonds. The maximum Gasteiger partial charge on any atom is 0.418 e.